The number of carbonyl (C=O) groups excluding carboxylic acids is 6. The van der Waals surface area contributed by atoms with E-state index in [1.807, 2.05) is 24.3 Å². The molecule has 16 heteroatoms. The Hall–Kier alpha value is -5.06. The van der Waals surface area contributed by atoms with Gasteiger partial charge in [-0.05, 0) is 54.9 Å². The number of ether oxygens (including phenoxy) is 2. The SMILES string of the molecule is CCC[C@H](NC(=O)[C@@H]1CC2CN1C(=O)[C@@H](C1CCCCC1)NC(=O)CCc1cccc(c1)OCCO2)C(O)(O)C(=O)NCC(=O)N[C@H](C(=O)N(C)C)c1ccccc1. The Balaban J connectivity index is 1.30. The number of hydrogen-bond acceptors (Lipinski definition) is 10. The molecule has 0 spiro atoms. The molecule has 2 aliphatic heterocycles. The molecular formula is C42H58N6O10. The predicted molar refractivity (Wildman–Crippen MR) is 212 cm³/mol. The van der Waals surface area contributed by atoms with E-state index in [1.165, 1.54) is 23.9 Å². The van der Waals surface area contributed by atoms with Crippen LogP contribution in [0.4, 0.5) is 0 Å². The minimum Gasteiger partial charge on any atom is -0.491 e. The summed E-state index contributed by atoms with van der Waals surface area (Å²) < 4.78 is 12.0. The Morgan fingerprint density at radius 1 is 0.966 bits per heavy atom. The van der Waals surface area contributed by atoms with E-state index in [2.05, 4.69) is 21.3 Å². The maximum Gasteiger partial charge on any atom is 0.282 e. The van der Waals surface area contributed by atoms with Crippen molar-refractivity contribution in [3.8, 4) is 5.75 Å². The smallest absolute Gasteiger partial charge is 0.282 e. The molecular weight excluding hydrogens is 748 g/mol. The van der Waals surface area contributed by atoms with Gasteiger partial charge in [0.2, 0.25) is 29.5 Å². The Kier molecular flexibility index (Phi) is 15.6. The number of fused-ring (bicyclic) bond motifs is 4. The van der Waals surface area contributed by atoms with Crippen LogP contribution in [0.25, 0.3) is 0 Å². The van der Waals surface area contributed by atoms with Crippen molar-refractivity contribution in [2.75, 3.05) is 40.4 Å². The molecule has 316 valence electrons. The normalized spacial score (nSPS) is 21.8. The maximum absolute atomic E-state index is 14.5. The number of amides is 6. The molecule has 0 aromatic heterocycles. The largest absolute Gasteiger partial charge is 0.491 e. The van der Waals surface area contributed by atoms with Gasteiger partial charge >= 0.3 is 0 Å². The van der Waals surface area contributed by atoms with Crippen LogP contribution in [0, 0.1) is 5.92 Å². The van der Waals surface area contributed by atoms with Gasteiger partial charge in [0.25, 0.3) is 11.7 Å². The number of aryl methyl sites for hydroxylation is 1. The summed E-state index contributed by atoms with van der Waals surface area (Å²) in [6.07, 6.45) is 4.67. The summed E-state index contributed by atoms with van der Waals surface area (Å²) >= 11 is 0. The van der Waals surface area contributed by atoms with Gasteiger partial charge in [-0.1, -0.05) is 75.1 Å². The van der Waals surface area contributed by atoms with Crippen molar-refractivity contribution >= 4 is 35.4 Å². The highest BCUT2D eigenvalue weighted by molar-refractivity contribution is 5.95. The molecule has 2 fully saturated rings. The zero-order valence-electron chi connectivity index (χ0n) is 33.6. The van der Waals surface area contributed by atoms with E-state index in [0.29, 0.717) is 24.2 Å². The first kappa shape index (κ1) is 44.1. The van der Waals surface area contributed by atoms with Gasteiger partial charge in [0, 0.05) is 33.5 Å². The summed E-state index contributed by atoms with van der Waals surface area (Å²) in [6.45, 7) is 1.45. The van der Waals surface area contributed by atoms with E-state index in [0.717, 1.165) is 37.7 Å². The fourth-order valence-electron chi connectivity index (χ4n) is 7.89. The molecule has 0 radical (unpaired) electrons. The maximum atomic E-state index is 14.5. The van der Waals surface area contributed by atoms with Gasteiger partial charge < -0.3 is 50.8 Å². The van der Waals surface area contributed by atoms with Crippen LogP contribution in [0.2, 0.25) is 0 Å². The van der Waals surface area contributed by atoms with Gasteiger partial charge in [-0.3, -0.25) is 28.8 Å². The van der Waals surface area contributed by atoms with Gasteiger partial charge in [-0.25, -0.2) is 0 Å². The quantitative estimate of drug-likeness (QED) is 0.168. The molecule has 2 aromatic rings. The van der Waals surface area contributed by atoms with Crippen molar-refractivity contribution in [3.05, 3.63) is 65.7 Å². The molecule has 1 saturated carbocycles. The second kappa shape index (κ2) is 20.6. The summed E-state index contributed by atoms with van der Waals surface area (Å²) in [5.74, 6) is -6.65. The summed E-state index contributed by atoms with van der Waals surface area (Å²) in [7, 11) is 3.08. The zero-order valence-corrected chi connectivity index (χ0v) is 33.6. The number of likely N-dealkylation sites (N-methyl/N-ethyl adjacent to an activating group) is 1. The van der Waals surface area contributed by atoms with Crippen molar-refractivity contribution in [2.45, 2.75) is 107 Å². The fraction of sp³-hybridized carbons (Fsp3) is 0.571. The van der Waals surface area contributed by atoms with Crippen LogP contribution < -0.4 is 26.0 Å². The zero-order chi connectivity index (χ0) is 41.8. The average Bonchev–Trinajstić information content (AvgIpc) is 3.66. The van der Waals surface area contributed by atoms with Gasteiger partial charge in [-0.2, -0.15) is 0 Å². The first-order valence-electron chi connectivity index (χ1n) is 20.3. The van der Waals surface area contributed by atoms with Gasteiger partial charge in [0.1, 0.15) is 30.5 Å². The minimum atomic E-state index is -3.17. The van der Waals surface area contributed by atoms with Crippen LogP contribution in [0.15, 0.2) is 54.6 Å². The molecule has 16 nitrogen and oxygen atoms in total. The number of rotatable bonds is 12. The van der Waals surface area contributed by atoms with Crippen LogP contribution in [-0.4, -0.2) is 126 Å². The topological polar surface area (TPSA) is 216 Å². The molecule has 1 unspecified atom stereocenters. The number of carbonyl (C=O) groups is 6. The molecule has 5 rings (SSSR count). The van der Waals surface area contributed by atoms with Crippen molar-refractivity contribution in [2.24, 2.45) is 5.92 Å². The van der Waals surface area contributed by atoms with Crippen molar-refractivity contribution in [1.82, 2.24) is 31.1 Å². The van der Waals surface area contributed by atoms with E-state index in [9.17, 15) is 39.0 Å². The third kappa shape index (κ3) is 11.5. The summed E-state index contributed by atoms with van der Waals surface area (Å²) in [4.78, 5) is 84.0. The van der Waals surface area contributed by atoms with E-state index in [4.69, 9.17) is 9.47 Å². The highest BCUT2D eigenvalue weighted by Crippen LogP contribution is 2.31. The lowest BCUT2D eigenvalue weighted by atomic mass is 9.83. The predicted octanol–water partition coefficient (Wildman–Crippen LogP) is 1.09. The molecule has 3 aliphatic rings. The molecule has 2 heterocycles. The standard InChI is InChI=1S/C42H58N6O10/c1-4-12-33(42(55,56)41(54)43-25-35(50)46-36(39(52)47(2)3)28-14-7-5-8-15-28)44-38(51)32-24-31-26-48(32)40(53)37(29-16-9-6-10-17-29)45-34(49)20-19-27-13-11-18-30(23-27)57-21-22-58-31/h5,7-8,11,13-15,18,23,29,31-33,36-37,55-56H,4,6,9-10,12,16-17,19-22,24-26H2,1-3H3,(H,43,54)(H,44,51)(H,45,49)(H,46,50)/t31?,32-,33-,36-,37+/m0/s1. The van der Waals surface area contributed by atoms with Crippen LogP contribution in [0.5, 0.6) is 5.75 Å². The van der Waals surface area contributed by atoms with E-state index < -0.39 is 72.1 Å². The van der Waals surface area contributed by atoms with Gasteiger partial charge in [0.05, 0.1) is 25.3 Å². The number of nitrogens with zero attached hydrogens (tertiary/aromatic N) is 2. The van der Waals surface area contributed by atoms with E-state index in [-0.39, 0.29) is 50.8 Å². The first-order valence-corrected chi connectivity index (χ1v) is 20.3. The Labute approximate surface area is 339 Å². The number of aliphatic hydroxyl groups is 2. The van der Waals surface area contributed by atoms with E-state index in [1.54, 1.807) is 37.3 Å². The monoisotopic (exact) mass is 806 g/mol. The molecule has 1 aliphatic carbocycles. The Morgan fingerprint density at radius 2 is 1.71 bits per heavy atom. The summed E-state index contributed by atoms with van der Waals surface area (Å²) in [5, 5.41) is 32.9. The lowest BCUT2D eigenvalue weighted by Gasteiger charge is -2.36. The van der Waals surface area contributed by atoms with Crippen LogP contribution >= 0.6 is 0 Å². The molecule has 4 bridgehead atoms. The van der Waals surface area contributed by atoms with E-state index >= 15 is 0 Å². The number of nitrogens with one attached hydrogen (secondary N) is 4. The molecule has 58 heavy (non-hydrogen) atoms. The molecule has 1 saturated heterocycles. The molecule has 6 N–H and O–H groups in total. The van der Waals surface area contributed by atoms with Gasteiger partial charge in [-0.15, -0.1) is 0 Å². The van der Waals surface area contributed by atoms with Crippen LogP contribution in [0.3, 0.4) is 0 Å². The lowest BCUT2D eigenvalue weighted by molar-refractivity contribution is -0.197. The van der Waals surface area contributed by atoms with Crippen LogP contribution in [-0.2, 0) is 39.9 Å². The average molecular weight is 807 g/mol. The second-order valence-corrected chi connectivity index (χ2v) is 15.6. The molecule has 6 amide bonds. The molecule has 5 atom stereocenters. The highest BCUT2D eigenvalue weighted by Gasteiger charge is 2.48. The van der Waals surface area contributed by atoms with Crippen LogP contribution in [0.1, 0.15) is 81.9 Å². The third-order valence-electron chi connectivity index (χ3n) is 11.0. The Morgan fingerprint density at radius 3 is 2.41 bits per heavy atom. The highest BCUT2D eigenvalue weighted by atomic mass is 16.5. The second-order valence-electron chi connectivity index (χ2n) is 15.6. The van der Waals surface area contributed by atoms with Crippen molar-refractivity contribution < 1.29 is 48.5 Å². The molecule has 2 aromatic carbocycles. The van der Waals surface area contributed by atoms with Crippen molar-refractivity contribution in [1.29, 1.82) is 0 Å². The lowest BCUT2D eigenvalue weighted by Crippen LogP contribution is -2.63. The van der Waals surface area contributed by atoms with Crippen molar-refractivity contribution in [3.63, 3.8) is 0 Å². The summed E-state index contributed by atoms with van der Waals surface area (Å²) in [5.41, 5.74) is 1.43. The fourth-order valence-corrected chi connectivity index (χ4v) is 7.89. The number of hydrogen-bond donors (Lipinski definition) is 6. The number of benzene rings is 2. The Bertz CT molecular complexity index is 1750. The summed E-state index contributed by atoms with van der Waals surface area (Å²) in [6, 6.07) is 11.4. The third-order valence-corrected chi connectivity index (χ3v) is 11.0. The first-order chi connectivity index (χ1) is 27.8. The minimum absolute atomic E-state index is 0.0449. The van der Waals surface area contributed by atoms with Gasteiger partial charge in [0.15, 0.2) is 0 Å².